The molecule has 1 aromatic heterocycles. The van der Waals surface area contributed by atoms with Crippen molar-refractivity contribution in [2.75, 3.05) is 10.0 Å². The fourth-order valence-electron chi connectivity index (χ4n) is 2.03. The number of aromatic nitrogens is 2. The second-order valence-corrected chi connectivity index (χ2v) is 8.41. The van der Waals surface area contributed by atoms with E-state index in [1.165, 1.54) is 13.0 Å². The molecule has 0 saturated carbocycles. The van der Waals surface area contributed by atoms with Gasteiger partial charge in [0.25, 0.3) is 10.0 Å². The Hall–Kier alpha value is -1.52. The summed E-state index contributed by atoms with van der Waals surface area (Å²) >= 11 is 4.29. The van der Waals surface area contributed by atoms with E-state index < -0.39 is 10.0 Å². The van der Waals surface area contributed by atoms with Crippen molar-refractivity contribution in [2.45, 2.75) is 38.5 Å². The van der Waals surface area contributed by atoms with E-state index in [1.54, 1.807) is 13.0 Å². The van der Waals surface area contributed by atoms with Gasteiger partial charge in [-0.25, -0.2) is 13.4 Å². The Balaban J connectivity index is 2.31. The van der Waals surface area contributed by atoms with Gasteiger partial charge in [-0.3, -0.25) is 9.52 Å². The quantitative estimate of drug-likeness (QED) is 0.728. The van der Waals surface area contributed by atoms with Crippen LogP contribution in [0.2, 0.25) is 0 Å². The van der Waals surface area contributed by atoms with Crippen molar-refractivity contribution < 1.29 is 13.2 Å². The van der Waals surface area contributed by atoms with E-state index in [-0.39, 0.29) is 15.9 Å². The first kappa shape index (κ1) is 18.8. The Kier molecular flexibility index (Phi) is 5.94. The van der Waals surface area contributed by atoms with Crippen molar-refractivity contribution in [3.63, 3.8) is 0 Å². The molecule has 2 N–H and O–H groups in total. The van der Waals surface area contributed by atoms with Gasteiger partial charge in [-0.1, -0.05) is 6.92 Å². The number of amides is 1. The molecule has 24 heavy (non-hydrogen) atoms. The molecule has 1 aromatic carbocycles. The molecule has 1 amide bonds. The Labute approximate surface area is 153 Å². The highest BCUT2D eigenvalue weighted by Crippen LogP contribution is 2.30. The lowest BCUT2D eigenvalue weighted by molar-refractivity contribution is -0.114. The van der Waals surface area contributed by atoms with Crippen LogP contribution in [0.1, 0.15) is 31.7 Å². The number of benzene rings is 1. The molecule has 0 fully saturated rings. The van der Waals surface area contributed by atoms with Crippen LogP contribution in [0.5, 0.6) is 0 Å². The number of hydrogen-bond acceptors (Lipinski definition) is 6. The number of hydrogen-bond donors (Lipinski definition) is 2. The first-order valence-electron chi connectivity index (χ1n) is 7.16. The fourth-order valence-corrected chi connectivity index (χ4v) is 4.71. The van der Waals surface area contributed by atoms with Crippen molar-refractivity contribution in [3.8, 4) is 0 Å². The van der Waals surface area contributed by atoms with Crippen LogP contribution in [0, 0.1) is 6.92 Å². The van der Waals surface area contributed by atoms with Crippen molar-refractivity contribution >= 4 is 54.2 Å². The van der Waals surface area contributed by atoms with Gasteiger partial charge in [0.15, 0.2) is 0 Å². The maximum atomic E-state index is 12.6. The monoisotopic (exact) mass is 432 g/mol. The van der Waals surface area contributed by atoms with Gasteiger partial charge in [0.2, 0.25) is 11.0 Å². The highest BCUT2D eigenvalue weighted by atomic mass is 79.9. The minimum Gasteiger partial charge on any atom is -0.325 e. The number of carbonyl (C=O) groups is 1. The summed E-state index contributed by atoms with van der Waals surface area (Å²) in [5, 5.41) is 2.87. The first-order chi connectivity index (χ1) is 11.2. The minimum atomic E-state index is -3.80. The highest BCUT2D eigenvalue weighted by molar-refractivity contribution is 9.10. The zero-order chi connectivity index (χ0) is 17.9. The summed E-state index contributed by atoms with van der Waals surface area (Å²) in [5.41, 5.74) is 1.02. The third kappa shape index (κ3) is 4.52. The molecule has 2 aromatic rings. The summed E-state index contributed by atoms with van der Waals surface area (Å²) in [4.78, 5) is 15.5. The third-order valence-corrected chi connectivity index (χ3v) is 5.96. The molecule has 1 heterocycles. The molecule has 10 heteroatoms. The number of sulfonamides is 1. The standard InChI is InChI=1S/C14H17BrN4O3S2/c1-4-5-13-17-14(23-18-13)19-24(21,22)12-7-10(15)11(6-8(12)2)16-9(3)20/h6-7H,4-5H2,1-3H3,(H,16,20)(H,17,18,19). The van der Waals surface area contributed by atoms with Crippen LogP contribution < -0.4 is 10.0 Å². The van der Waals surface area contributed by atoms with Gasteiger partial charge in [0.1, 0.15) is 5.82 Å². The number of nitrogens with one attached hydrogen (secondary N) is 2. The first-order valence-corrected chi connectivity index (χ1v) is 10.2. The Morgan fingerprint density at radius 1 is 1.38 bits per heavy atom. The van der Waals surface area contributed by atoms with Crippen LogP contribution in [0.15, 0.2) is 21.5 Å². The van der Waals surface area contributed by atoms with Gasteiger partial charge in [0.05, 0.1) is 10.6 Å². The number of rotatable bonds is 6. The number of halogens is 1. The van der Waals surface area contributed by atoms with Gasteiger partial charge in [-0.15, -0.1) is 0 Å². The van der Waals surface area contributed by atoms with Crippen LogP contribution >= 0.6 is 27.5 Å². The molecule has 0 unspecified atom stereocenters. The average molecular weight is 433 g/mol. The molecular formula is C14H17BrN4O3S2. The van der Waals surface area contributed by atoms with Crippen LogP contribution in [-0.4, -0.2) is 23.7 Å². The lowest BCUT2D eigenvalue weighted by Gasteiger charge is -2.12. The SMILES string of the molecule is CCCc1nsc(NS(=O)(=O)c2cc(Br)c(NC(C)=O)cc2C)n1. The molecule has 0 aliphatic heterocycles. The van der Waals surface area contributed by atoms with Gasteiger partial charge < -0.3 is 5.32 Å². The number of carbonyl (C=O) groups excluding carboxylic acids is 1. The Bertz CT molecular complexity index is 865. The van der Waals surface area contributed by atoms with Crippen molar-refractivity contribution in [1.82, 2.24) is 9.36 Å². The zero-order valence-electron chi connectivity index (χ0n) is 13.4. The molecule has 0 aliphatic rings. The summed E-state index contributed by atoms with van der Waals surface area (Å²) in [6.07, 6.45) is 1.59. The molecule has 0 aliphatic carbocycles. The molecule has 0 saturated heterocycles. The topological polar surface area (TPSA) is 101 Å². The summed E-state index contributed by atoms with van der Waals surface area (Å²) in [6, 6.07) is 3.06. The van der Waals surface area contributed by atoms with Crippen molar-refractivity contribution in [1.29, 1.82) is 0 Å². The third-order valence-electron chi connectivity index (χ3n) is 3.03. The molecule has 130 valence electrons. The smallest absolute Gasteiger partial charge is 0.264 e. The van der Waals surface area contributed by atoms with E-state index in [1.807, 2.05) is 6.92 Å². The van der Waals surface area contributed by atoms with E-state index in [0.717, 1.165) is 18.0 Å². The van der Waals surface area contributed by atoms with Gasteiger partial charge in [0, 0.05) is 29.3 Å². The maximum absolute atomic E-state index is 12.6. The van der Waals surface area contributed by atoms with Crippen LogP contribution in [0.3, 0.4) is 0 Å². The van der Waals surface area contributed by atoms with Gasteiger partial charge in [-0.05, 0) is 47.0 Å². The van der Waals surface area contributed by atoms with E-state index in [4.69, 9.17) is 0 Å². The van der Waals surface area contributed by atoms with Crippen LogP contribution in [0.4, 0.5) is 10.8 Å². The molecule has 0 atom stereocenters. The molecule has 7 nitrogen and oxygen atoms in total. The lowest BCUT2D eigenvalue weighted by Crippen LogP contribution is -2.15. The highest BCUT2D eigenvalue weighted by Gasteiger charge is 2.21. The largest absolute Gasteiger partial charge is 0.325 e. The van der Waals surface area contributed by atoms with E-state index in [2.05, 4.69) is 35.3 Å². The van der Waals surface area contributed by atoms with E-state index in [9.17, 15) is 13.2 Å². The number of anilines is 2. The van der Waals surface area contributed by atoms with Crippen LogP contribution in [-0.2, 0) is 21.2 Å². The predicted octanol–water partition coefficient (Wildman–Crippen LogP) is 3.32. The predicted molar refractivity (Wildman–Crippen MR) is 97.9 cm³/mol. The summed E-state index contributed by atoms with van der Waals surface area (Å²) in [7, 11) is -3.80. The maximum Gasteiger partial charge on any atom is 0.264 e. The number of aryl methyl sites for hydroxylation is 2. The average Bonchev–Trinajstić information content (AvgIpc) is 2.88. The summed E-state index contributed by atoms with van der Waals surface area (Å²) < 4.78 is 32.2. The van der Waals surface area contributed by atoms with E-state index >= 15 is 0 Å². The number of nitrogens with zero attached hydrogens (tertiary/aromatic N) is 2. The summed E-state index contributed by atoms with van der Waals surface area (Å²) in [6.45, 7) is 5.05. The lowest BCUT2D eigenvalue weighted by atomic mass is 10.2. The van der Waals surface area contributed by atoms with Crippen molar-refractivity contribution in [3.05, 3.63) is 28.0 Å². The molecule has 2 rings (SSSR count). The molecular weight excluding hydrogens is 416 g/mol. The normalized spacial score (nSPS) is 11.3. The molecule has 0 spiro atoms. The minimum absolute atomic E-state index is 0.107. The van der Waals surface area contributed by atoms with Gasteiger partial charge in [-0.2, -0.15) is 4.37 Å². The van der Waals surface area contributed by atoms with Crippen LogP contribution in [0.25, 0.3) is 0 Å². The Morgan fingerprint density at radius 2 is 2.08 bits per heavy atom. The zero-order valence-corrected chi connectivity index (χ0v) is 16.6. The summed E-state index contributed by atoms with van der Waals surface area (Å²) in [5.74, 6) is 0.389. The second-order valence-electron chi connectivity index (χ2n) is 5.15. The Morgan fingerprint density at radius 3 is 2.71 bits per heavy atom. The molecule has 0 radical (unpaired) electrons. The van der Waals surface area contributed by atoms with Crippen molar-refractivity contribution in [2.24, 2.45) is 0 Å². The second kappa shape index (κ2) is 7.58. The molecule has 0 bridgehead atoms. The fraction of sp³-hybridized carbons (Fsp3) is 0.357. The van der Waals surface area contributed by atoms with Gasteiger partial charge >= 0.3 is 0 Å². The van der Waals surface area contributed by atoms with E-state index in [0.29, 0.717) is 28.0 Å².